The minimum Gasteiger partial charge on any atom is -0.300 e. The molecule has 0 radical (unpaired) electrons. The van der Waals surface area contributed by atoms with E-state index >= 15 is 0 Å². The molecule has 6 fully saturated rings. The first kappa shape index (κ1) is 25.9. The van der Waals surface area contributed by atoms with Gasteiger partial charge < -0.3 is 4.90 Å². The number of carbonyl (C=O) groups excluding carboxylic acids is 2. The molecule has 1 aromatic carbocycles. The van der Waals surface area contributed by atoms with Crippen LogP contribution in [-0.2, 0) is 9.59 Å². The van der Waals surface area contributed by atoms with Crippen molar-refractivity contribution >= 4 is 22.7 Å². The van der Waals surface area contributed by atoms with Gasteiger partial charge in [0.1, 0.15) is 11.9 Å². The van der Waals surface area contributed by atoms with Crippen molar-refractivity contribution in [2.75, 3.05) is 39.3 Å². The zero-order valence-electron chi connectivity index (χ0n) is 23.5. The lowest BCUT2D eigenvalue weighted by Crippen LogP contribution is -2.54. The summed E-state index contributed by atoms with van der Waals surface area (Å²) in [6.07, 6.45) is 9.41. The molecule has 3 heterocycles. The smallest absolute Gasteiger partial charge is 0.263 e. The number of hydrogen-bond donors (Lipinski definition) is 1. The van der Waals surface area contributed by atoms with Gasteiger partial charge in [-0.25, -0.2) is 4.98 Å². The van der Waals surface area contributed by atoms with Gasteiger partial charge in [-0.15, -0.1) is 0 Å². The van der Waals surface area contributed by atoms with Crippen molar-refractivity contribution in [3.8, 4) is 11.8 Å². The van der Waals surface area contributed by atoms with Crippen molar-refractivity contribution in [2.24, 2.45) is 23.2 Å². The first-order chi connectivity index (χ1) is 19.4. The fourth-order valence-corrected chi connectivity index (χ4v) is 9.06. The number of rotatable bonds is 4. The number of imide groups is 1. The van der Waals surface area contributed by atoms with Crippen molar-refractivity contribution in [3.05, 3.63) is 39.9 Å². The van der Waals surface area contributed by atoms with E-state index in [0.717, 1.165) is 43.9 Å². The molecule has 4 bridgehead atoms. The van der Waals surface area contributed by atoms with Crippen LogP contribution in [0.2, 0.25) is 0 Å². The summed E-state index contributed by atoms with van der Waals surface area (Å²) < 4.78 is 1.43. The lowest BCUT2D eigenvalue weighted by molar-refractivity contribution is -0.135. The zero-order chi connectivity index (χ0) is 27.4. The van der Waals surface area contributed by atoms with E-state index in [2.05, 4.69) is 31.9 Å². The summed E-state index contributed by atoms with van der Waals surface area (Å²) >= 11 is 0. The van der Waals surface area contributed by atoms with Crippen LogP contribution < -0.4 is 10.9 Å². The maximum Gasteiger partial charge on any atom is 0.263 e. The molecule has 2 aliphatic heterocycles. The SMILES string of the molecule is Cc1nc2cccc(C#CCN3CCN(CC45CC6CC(CC(C6)C4)C5)CC3)c2c(=O)n1C1CCC(=O)NC1=O. The van der Waals surface area contributed by atoms with Crippen LogP contribution in [0.15, 0.2) is 23.0 Å². The van der Waals surface area contributed by atoms with Crippen molar-refractivity contribution in [1.82, 2.24) is 24.7 Å². The maximum absolute atomic E-state index is 13.6. The number of aromatic nitrogens is 2. The lowest BCUT2D eigenvalue weighted by Gasteiger charge is -2.58. The highest BCUT2D eigenvalue weighted by molar-refractivity contribution is 5.99. The highest BCUT2D eigenvalue weighted by atomic mass is 16.2. The van der Waals surface area contributed by atoms with Crippen LogP contribution in [0.3, 0.4) is 0 Å². The summed E-state index contributed by atoms with van der Waals surface area (Å²) in [6, 6.07) is 4.80. The summed E-state index contributed by atoms with van der Waals surface area (Å²) in [5, 5.41) is 2.79. The van der Waals surface area contributed by atoms with E-state index in [1.165, 1.54) is 49.6 Å². The summed E-state index contributed by atoms with van der Waals surface area (Å²) in [6.45, 7) is 7.96. The number of aryl methyl sites for hydroxylation is 1. The van der Waals surface area contributed by atoms with Crippen LogP contribution in [0.25, 0.3) is 10.9 Å². The van der Waals surface area contributed by atoms with Gasteiger partial charge in [0.2, 0.25) is 11.8 Å². The fraction of sp³-hybridized carbons (Fsp3) is 0.625. The second-order valence-electron chi connectivity index (χ2n) is 13.3. The van der Waals surface area contributed by atoms with Gasteiger partial charge in [0.15, 0.2) is 0 Å². The van der Waals surface area contributed by atoms with Gasteiger partial charge in [-0.2, -0.15) is 0 Å². The summed E-state index contributed by atoms with van der Waals surface area (Å²) in [5.41, 5.74) is 1.53. The number of nitrogens with one attached hydrogen (secondary N) is 1. The number of piperazine rings is 1. The Balaban J connectivity index is 1.02. The molecule has 1 aromatic heterocycles. The van der Waals surface area contributed by atoms with Crippen molar-refractivity contribution < 1.29 is 9.59 Å². The number of hydrogen-bond acceptors (Lipinski definition) is 6. The molecule has 2 aromatic rings. The number of piperidine rings is 1. The van der Waals surface area contributed by atoms with Crippen molar-refractivity contribution in [3.63, 3.8) is 0 Å². The number of nitrogens with zero attached hydrogens (tertiary/aromatic N) is 4. The van der Waals surface area contributed by atoms with Crippen LogP contribution in [0, 0.1) is 41.9 Å². The Morgan fingerprint density at radius 1 is 0.975 bits per heavy atom. The second kappa shape index (κ2) is 10.1. The number of amides is 2. The molecule has 4 saturated carbocycles. The van der Waals surface area contributed by atoms with Crippen molar-refractivity contribution in [1.29, 1.82) is 0 Å². The van der Waals surface area contributed by atoms with Gasteiger partial charge in [0, 0.05) is 44.7 Å². The van der Waals surface area contributed by atoms with Gasteiger partial charge in [0.25, 0.3) is 5.56 Å². The molecule has 2 saturated heterocycles. The Bertz CT molecular complexity index is 1440. The highest BCUT2D eigenvalue weighted by Gasteiger charge is 2.51. The molecular formula is C32H39N5O3. The topological polar surface area (TPSA) is 87.5 Å². The fourth-order valence-electron chi connectivity index (χ4n) is 9.06. The Morgan fingerprint density at radius 3 is 2.33 bits per heavy atom. The molecular weight excluding hydrogens is 502 g/mol. The quantitative estimate of drug-likeness (QED) is 0.473. The monoisotopic (exact) mass is 541 g/mol. The van der Waals surface area contributed by atoms with Crippen LogP contribution in [0.1, 0.15) is 68.8 Å². The summed E-state index contributed by atoms with van der Waals surface area (Å²) in [5.74, 6) is 9.28. The third-order valence-electron chi connectivity index (χ3n) is 10.3. The van der Waals surface area contributed by atoms with E-state index in [4.69, 9.17) is 0 Å². The number of fused-ring (bicyclic) bond motifs is 1. The second-order valence-corrected chi connectivity index (χ2v) is 13.3. The predicted molar refractivity (Wildman–Crippen MR) is 153 cm³/mol. The maximum atomic E-state index is 13.6. The lowest BCUT2D eigenvalue weighted by atomic mass is 9.49. The molecule has 1 atom stereocenters. The van der Waals surface area contributed by atoms with E-state index < -0.39 is 11.9 Å². The molecule has 1 unspecified atom stereocenters. The van der Waals surface area contributed by atoms with Crippen LogP contribution in [-0.4, -0.2) is 70.4 Å². The molecule has 4 aliphatic carbocycles. The molecule has 8 heteroatoms. The van der Waals surface area contributed by atoms with E-state index in [9.17, 15) is 14.4 Å². The largest absolute Gasteiger partial charge is 0.300 e. The van der Waals surface area contributed by atoms with Gasteiger partial charge in [-0.3, -0.25) is 29.2 Å². The first-order valence-electron chi connectivity index (χ1n) is 15.1. The number of benzene rings is 1. The molecule has 40 heavy (non-hydrogen) atoms. The first-order valence-corrected chi connectivity index (χ1v) is 15.1. The van der Waals surface area contributed by atoms with Crippen LogP contribution in [0.4, 0.5) is 0 Å². The van der Waals surface area contributed by atoms with Crippen LogP contribution in [0.5, 0.6) is 0 Å². The number of carbonyl (C=O) groups is 2. The van der Waals surface area contributed by atoms with Crippen LogP contribution >= 0.6 is 0 Å². The summed E-state index contributed by atoms with van der Waals surface area (Å²) in [4.78, 5) is 47.5. The average molecular weight is 542 g/mol. The van der Waals surface area contributed by atoms with E-state index in [1.807, 2.05) is 18.2 Å². The molecule has 0 spiro atoms. The van der Waals surface area contributed by atoms with Gasteiger partial charge in [0.05, 0.1) is 17.4 Å². The zero-order valence-corrected chi connectivity index (χ0v) is 23.5. The van der Waals surface area contributed by atoms with Crippen molar-refractivity contribution in [2.45, 2.75) is 64.3 Å². The molecule has 2 amide bonds. The normalized spacial score (nSPS) is 32.2. The molecule has 210 valence electrons. The van der Waals surface area contributed by atoms with E-state index in [-0.39, 0.29) is 17.9 Å². The minimum absolute atomic E-state index is 0.206. The average Bonchev–Trinajstić information content (AvgIpc) is 2.90. The third kappa shape index (κ3) is 4.77. The highest BCUT2D eigenvalue weighted by Crippen LogP contribution is 2.60. The molecule has 8 rings (SSSR count). The van der Waals surface area contributed by atoms with Gasteiger partial charge >= 0.3 is 0 Å². The Kier molecular flexibility index (Phi) is 6.55. The van der Waals surface area contributed by atoms with E-state index in [0.29, 0.717) is 40.7 Å². The Labute approximate surface area is 235 Å². The Morgan fingerprint density at radius 2 is 1.65 bits per heavy atom. The standard InChI is InChI=1S/C32H39N5O3/c1-21-33-26-6-2-4-25(29(26)31(40)37(21)27-7-8-28(38)34-30(27)39)5-3-9-35-10-12-36(13-11-35)20-32-17-22-14-23(18-32)16-24(15-22)19-32/h2,4,6,22-24,27H,7-20H2,1H3,(H,34,38,39). The summed E-state index contributed by atoms with van der Waals surface area (Å²) in [7, 11) is 0. The van der Waals surface area contributed by atoms with Gasteiger partial charge in [-0.05, 0) is 87.2 Å². The third-order valence-corrected chi connectivity index (χ3v) is 10.3. The predicted octanol–water partition coefficient (Wildman–Crippen LogP) is 2.87. The Hall–Kier alpha value is -3.02. The molecule has 8 nitrogen and oxygen atoms in total. The van der Waals surface area contributed by atoms with E-state index in [1.54, 1.807) is 6.92 Å². The molecule has 6 aliphatic rings. The van der Waals surface area contributed by atoms with Gasteiger partial charge in [-0.1, -0.05) is 17.9 Å². The molecule has 1 N–H and O–H groups in total. The minimum atomic E-state index is -0.738.